The van der Waals surface area contributed by atoms with Gasteiger partial charge in [0.05, 0.1) is 24.3 Å². The molecule has 7 nitrogen and oxygen atoms in total. The number of hydrogen-bond donors (Lipinski definition) is 2. The van der Waals surface area contributed by atoms with Gasteiger partial charge < -0.3 is 20.1 Å². The first-order chi connectivity index (χ1) is 16.1. The Balaban J connectivity index is 1.30. The van der Waals surface area contributed by atoms with Crippen LogP contribution in [-0.2, 0) is 0 Å². The number of hydrogen-bond acceptors (Lipinski definition) is 7. The van der Waals surface area contributed by atoms with Crippen molar-refractivity contribution >= 4 is 34.0 Å². The standard InChI is InChI=1S/C24H27ClFN5O2/c1-32-22-11-20-17(24(29-14-28-20)30-16-3-4-19(26)18(25)9-16)10-23(22)33-8-2-6-31-7-5-15-12-27-13-21(15)31/h3-4,9-11,14-15,21,27H,2,5-8,12-13H2,1H3,(H,28,29,30). The Bertz CT molecular complexity index is 1150. The third-order valence-electron chi connectivity index (χ3n) is 6.51. The van der Waals surface area contributed by atoms with E-state index in [1.165, 1.54) is 31.4 Å². The quantitative estimate of drug-likeness (QED) is 0.476. The minimum atomic E-state index is -0.469. The van der Waals surface area contributed by atoms with Gasteiger partial charge in [0, 0.05) is 36.3 Å². The lowest BCUT2D eigenvalue weighted by Crippen LogP contribution is -2.35. The van der Waals surface area contributed by atoms with Gasteiger partial charge in [-0.05, 0) is 56.1 Å². The van der Waals surface area contributed by atoms with Gasteiger partial charge in [-0.3, -0.25) is 4.90 Å². The summed E-state index contributed by atoms with van der Waals surface area (Å²) in [6, 6.07) is 8.84. The number of anilines is 2. The molecule has 2 saturated heterocycles. The molecule has 2 aliphatic heterocycles. The van der Waals surface area contributed by atoms with Crippen LogP contribution >= 0.6 is 11.6 Å². The van der Waals surface area contributed by atoms with Gasteiger partial charge in [-0.25, -0.2) is 14.4 Å². The second kappa shape index (κ2) is 9.67. The van der Waals surface area contributed by atoms with Gasteiger partial charge in [0.15, 0.2) is 11.5 Å². The van der Waals surface area contributed by atoms with Gasteiger partial charge in [-0.15, -0.1) is 0 Å². The molecule has 0 saturated carbocycles. The van der Waals surface area contributed by atoms with Crippen molar-refractivity contribution < 1.29 is 13.9 Å². The summed E-state index contributed by atoms with van der Waals surface area (Å²) < 4.78 is 25.2. The largest absolute Gasteiger partial charge is 0.493 e. The van der Waals surface area contributed by atoms with E-state index in [9.17, 15) is 4.39 Å². The van der Waals surface area contributed by atoms with E-state index in [0.29, 0.717) is 41.2 Å². The Morgan fingerprint density at radius 3 is 2.97 bits per heavy atom. The molecule has 2 atom stereocenters. The fraction of sp³-hybridized carbons (Fsp3) is 0.417. The maximum Gasteiger partial charge on any atom is 0.162 e. The number of fused-ring (bicyclic) bond motifs is 2. The van der Waals surface area contributed by atoms with E-state index >= 15 is 0 Å². The van der Waals surface area contributed by atoms with Crippen molar-refractivity contribution in [2.75, 3.05) is 45.2 Å². The Kier molecular flexibility index (Phi) is 6.48. The smallest absolute Gasteiger partial charge is 0.162 e. The van der Waals surface area contributed by atoms with Gasteiger partial charge in [0.25, 0.3) is 0 Å². The number of likely N-dealkylation sites (tertiary alicyclic amines) is 1. The molecule has 2 aliphatic rings. The summed E-state index contributed by atoms with van der Waals surface area (Å²) in [6.07, 6.45) is 3.69. The molecule has 3 aromatic rings. The molecule has 0 bridgehead atoms. The van der Waals surface area contributed by atoms with Crippen molar-refractivity contribution in [2.24, 2.45) is 5.92 Å². The molecule has 1 aromatic heterocycles. The van der Waals surface area contributed by atoms with E-state index in [4.69, 9.17) is 21.1 Å². The maximum absolute atomic E-state index is 13.5. The number of halogens is 2. The van der Waals surface area contributed by atoms with Crippen molar-refractivity contribution in [1.29, 1.82) is 0 Å². The van der Waals surface area contributed by atoms with E-state index in [1.54, 1.807) is 13.2 Å². The molecule has 2 N–H and O–H groups in total. The molecule has 0 aliphatic carbocycles. The van der Waals surface area contributed by atoms with Crippen LogP contribution in [0.3, 0.4) is 0 Å². The molecule has 5 rings (SSSR count). The molecular formula is C24H27ClFN5O2. The first-order valence-corrected chi connectivity index (χ1v) is 11.6. The fourth-order valence-corrected chi connectivity index (χ4v) is 4.99. The van der Waals surface area contributed by atoms with Crippen molar-refractivity contribution in [3.8, 4) is 11.5 Å². The number of methoxy groups -OCH3 is 1. The minimum absolute atomic E-state index is 0.0433. The average Bonchev–Trinajstić information content (AvgIpc) is 3.44. The van der Waals surface area contributed by atoms with Crippen LogP contribution in [0.2, 0.25) is 5.02 Å². The van der Waals surface area contributed by atoms with Crippen molar-refractivity contribution in [3.05, 3.63) is 47.5 Å². The molecule has 0 amide bonds. The summed E-state index contributed by atoms with van der Waals surface area (Å²) in [7, 11) is 1.62. The normalized spacial score (nSPS) is 20.2. The topological polar surface area (TPSA) is 71.5 Å². The zero-order valence-corrected chi connectivity index (χ0v) is 19.2. The van der Waals surface area contributed by atoms with Crippen LogP contribution in [0.1, 0.15) is 12.8 Å². The summed E-state index contributed by atoms with van der Waals surface area (Å²) in [5.74, 6) is 2.17. The van der Waals surface area contributed by atoms with Gasteiger partial charge in [-0.2, -0.15) is 0 Å². The SMILES string of the molecule is COc1cc2ncnc(Nc3ccc(F)c(Cl)c3)c2cc1OCCCN1CCC2CNCC21. The summed E-state index contributed by atoms with van der Waals surface area (Å²) in [6.45, 7) is 5.04. The number of ether oxygens (including phenoxy) is 2. The van der Waals surface area contributed by atoms with Crippen LogP contribution < -0.4 is 20.1 Å². The molecule has 0 radical (unpaired) electrons. The van der Waals surface area contributed by atoms with Crippen molar-refractivity contribution in [2.45, 2.75) is 18.9 Å². The van der Waals surface area contributed by atoms with E-state index in [0.717, 1.165) is 37.4 Å². The molecule has 33 heavy (non-hydrogen) atoms. The van der Waals surface area contributed by atoms with E-state index in [2.05, 4.69) is 25.5 Å². The highest BCUT2D eigenvalue weighted by Crippen LogP contribution is 2.35. The average molecular weight is 472 g/mol. The Hall–Kier alpha value is -2.68. The molecule has 0 spiro atoms. The van der Waals surface area contributed by atoms with Gasteiger partial charge in [0.1, 0.15) is 18.0 Å². The predicted octanol–water partition coefficient (Wildman–Crippen LogP) is 4.24. The number of benzene rings is 2. The van der Waals surface area contributed by atoms with Crippen LogP contribution in [-0.4, -0.2) is 60.8 Å². The van der Waals surface area contributed by atoms with Crippen LogP contribution in [0.15, 0.2) is 36.7 Å². The Labute approximate surface area is 197 Å². The van der Waals surface area contributed by atoms with Gasteiger partial charge in [0.2, 0.25) is 0 Å². The Morgan fingerprint density at radius 2 is 2.12 bits per heavy atom. The lowest BCUT2D eigenvalue weighted by Gasteiger charge is -2.23. The monoisotopic (exact) mass is 471 g/mol. The summed E-state index contributed by atoms with van der Waals surface area (Å²) in [5, 5.41) is 7.51. The van der Waals surface area contributed by atoms with E-state index in [1.807, 2.05) is 12.1 Å². The molecule has 9 heteroatoms. The first-order valence-electron chi connectivity index (χ1n) is 11.2. The molecule has 3 heterocycles. The third kappa shape index (κ3) is 4.69. The van der Waals surface area contributed by atoms with Crippen LogP contribution in [0.5, 0.6) is 11.5 Å². The maximum atomic E-state index is 13.5. The van der Waals surface area contributed by atoms with Crippen molar-refractivity contribution in [3.63, 3.8) is 0 Å². The number of aromatic nitrogens is 2. The second-order valence-electron chi connectivity index (χ2n) is 8.51. The van der Waals surface area contributed by atoms with Crippen LogP contribution in [0, 0.1) is 11.7 Å². The summed E-state index contributed by atoms with van der Waals surface area (Å²) in [4.78, 5) is 11.3. The lowest BCUT2D eigenvalue weighted by atomic mass is 10.1. The highest BCUT2D eigenvalue weighted by Gasteiger charge is 2.36. The molecule has 2 fully saturated rings. The molecular weight excluding hydrogens is 445 g/mol. The zero-order valence-electron chi connectivity index (χ0n) is 18.5. The highest BCUT2D eigenvalue weighted by molar-refractivity contribution is 6.31. The van der Waals surface area contributed by atoms with E-state index < -0.39 is 5.82 Å². The molecule has 2 aromatic carbocycles. The number of rotatable bonds is 8. The number of nitrogens with zero attached hydrogens (tertiary/aromatic N) is 3. The second-order valence-corrected chi connectivity index (χ2v) is 8.92. The third-order valence-corrected chi connectivity index (χ3v) is 6.80. The van der Waals surface area contributed by atoms with E-state index in [-0.39, 0.29) is 5.02 Å². The highest BCUT2D eigenvalue weighted by atomic mass is 35.5. The van der Waals surface area contributed by atoms with Crippen LogP contribution in [0.25, 0.3) is 10.9 Å². The lowest BCUT2D eigenvalue weighted by molar-refractivity contribution is 0.217. The minimum Gasteiger partial charge on any atom is -0.493 e. The first kappa shape index (κ1) is 22.1. The molecule has 2 unspecified atom stereocenters. The predicted molar refractivity (Wildman–Crippen MR) is 127 cm³/mol. The summed E-state index contributed by atoms with van der Waals surface area (Å²) in [5.41, 5.74) is 1.34. The Morgan fingerprint density at radius 1 is 1.21 bits per heavy atom. The summed E-state index contributed by atoms with van der Waals surface area (Å²) >= 11 is 5.92. The van der Waals surface area contributed by atoms with Gasteiger partial charge in [-0.1, -0.05) is 11.6 Å². The van der Waals surface area contributed by atoms with Crippen LogP contribution in [0.4, 0.5) is 15.9 Å². The van der Waals surface area contributed by atoms with Gasteiger partial charge >= 0.3 is 0 Å². The fourth-order valence-electron chi connectivity index (χ4n) is 4.81. The number of nitrogens with one attached hydrogen (secondary N) is 2. The van der Waals surface area contributed by atoms with Crippen molar-refractivity contribution in [1.82, 2.24) is 20.2 Å². The zero-order chi connectivity index (χ0) is 22.8. The molecule has 174 valence electrons.